The van der Waals surface area contributed by atoms with Crippen molar-refractivity contribution in [1.82, 2.24) is 9.97 Å². The summed E-state index contributed by atoms with van der Waals surface area (Å²) in [6.45, 7) is 5.91. The minimum Gasteiger partial charge on any atom is -0.507 e. The lowest BCUT2D eigenvalue weighted by Crippen LogP contribution is -2.32. The first kappa shape index (κ1) is 19.0. The number of alkyl halides is 1. The first-order chi connectivity index (χ1) is 13.0. The average molecular weight is 364 g/mol. The van der Waals surface area contributed by atoms with Gasteiger partial charge in [-0.25, -0.2) is 9.37 Å². The van der Waals surface area contributed by atoms with E-state index < -0.39 is 11.6 Å². The zero-order valence-corrected chi connectivity index (χ0v) is 16.0. The van der Waals surface area contributed by atoms with E-state index in [2.05, 4.69) is 9.97 Å². The van der Waals surface area contributed by atoms with Gasteiger partial charge in [0.1, 0.15) is 5.75 Å². The molecule has 0 fully saturated rings. The molecular formula is C23H25FN2O. The molecule has 0 aliphatic carbocycles. The summed E-state index contributed by atoms with van der Waals surface area (Å²) in [5.41, 5.74) is 2.42. The molecule has 0 aliphatic rings. The zero-order chi connectivity index (χ0) is 19.4. The first-order valence-electron chi connectivity index (χ1n) is 9.35. The predicted molar refractivity (Wildman–Crippen MR) is 106 cm³/mol. The van der Waals surface area contributed by atoms with Crippen LogP contribution >= 0.6 is 0 Å². The van der Waals surface area contributed by atoms with Crippen molar-refractivity contribution in [2.24, 2.45) is 0 Å². The van der Waals surface area contributed by atoms with Gasteiger partial charge in [-0.15, -0.1) is 0 Å². The van der Waals surface area contributed by atoms with Crippen LogP contribution in [0, 0.1) is 6.92 Å². The molecule has 1 unspecified atom stereocenters. The highest BCUT2D eigenvalue weighted by molar-refractivity contribution is 5.66. The van der Waals surface area contributed by atoms with Gasteiger partial charge >= 0.3 is 0 Å². The van der Waals surface area contributed by atoms with E-state index in [0.717, 1.165) is 11.4 Å². The fraction of sp³-hybridized carbons (Fsp3) is 0.304. The van der Waals surface area contributed by atoms with Crippen molar-refractivity contribution in [2.75, 3.05) is 0 Å². The Morgan fingerprint density at radius 3 is 2.30 bits per heavy atom. The van der Waals surface area contributed by atoms with E-state index >= 15 is 4.39 Å². The van der Waals surface area contributed by atoms with E-state index in [1.165, 1.54) is 0 Å². The number of phenols is 1. The maximum atomic E-state index is 15.9. The van der Waals surface area contributed by atoms with Crippen molar-refractivity contribution in [3.63, 3.8) is 0 Å². The molecule has 1 N–H and O–H groups in total. The summed E-state index contributed by atoms with van der Waals surface area (Å²) in [4.78, 5) is 9.17. The summed E-state index contributed by atoms with van der Waals surface area (Å²) in [6, 6.07) is 18.0. The van der Waals surface area contributed by atoms with Gasteiger partial charge in [-0.2, -0.15) is 0 Å². The van der Waals surface area contributed by atoms with Crippen LogP contribution in [0.4, 0.5) is 4.39 Å². The molecule has 0 spiro atoms. The number of hydrogen-bond acceptors (Lipinski definition) is 3. The highest BCUT2D eigenvalue weighted by atomic mass is 19.1. The Morgan fingerprint density at radius 1 is 0.926 bits per heavy atom. The fourth-order valence-corrected chi connectivity index (χ4v) is 3.64. The van der Waals surface area contributed by atoms with Crippen molar-refractivity contribution in [1.29, 1.82) is 0 Å². The van der Waals surface area contributed by atoms with Gasteiger partial charge in [0.2, 0.25) is 0 Å². The topological polar surface area (TPSA) is 46.0 Å². The molecule has 3 nitrogen and oxygen atoms in total. The van der Waals surface area contributed by atoms with Gasteiger partial charge in [-0.3, -0.25) is 4.98 Å². The maximum absolute atomic E-state index is 15.9. The molecule has 2 aromatic heterocycles. The Kier molecular flexibility index (Phi) is 5.54. The van der Waals surface area contributed by atoms with Crippen molar-refractivity contribution >= 4 is 0 Å². The molecule has 0 radical (unpaired) electrons. The Hall–Kier alpha value is -2.75. The summed E-state index contributed by atoms with van der Waals surface area (Å²) >= 11 is 0. The van der Waals surface area contributed by atoms with Crippen LogP contribution in [0.5, 0.6) is 5.75 Å². The van der Waals surface area contributed by atoms with Crippen LogP contribution in [0.2, 0.25) is 0 Å². The molecule has 4 heteroatoms. The average Bonchev–Trinajstić information content (AvgIpc) is 2.70. The van der Waals surface area contributed by atoms with Crippen LogP contribution in [0.15, 0.2) is 60.7 Å². The van der Waals surface area contributed by atoms with Crippen molar-refractivity contribution < 1.29 is 9.50 Å². The molecule has 3 aromatic rings. The van der Waals surface area contributed by atoms with Crippen LogP contribution in [0.1, 0.15) is 49.9 Å². The number of rotatable bonds is 6. The SMILES string of the molecule is CCC(CC)(c1cccc(C)n1)C(F)c1cccc(-c2ccccc2O)n1. The molecule has 2 heterocycles. The summed E-state index contributed by atoms with van der Waals surface area (Å²) in [6.07, 6.45) is -0.0691. The second-order valence-corrected chi connectivity index (χ2v) is 6.85. The maximum Gasteiger partial charge on any atom is 0.153 e. The van der Waals surface area contributed by atoms with Gasteiger partial charge in [0.25, 0.3) is 0 Å². The lowest BCUT2D eigenvalue weighted by Gasteiger charge is -2.34. The number of para-hydroxylation sites is 1. The summed E-state index contributed by atoms with van der Waals surface area (Å²) < 4.78 is 15.9. The minimum atomic E-state index is -1.30. The third kappa shape index (κ3) is 3.57. The number of phenolic OH excluding ortho intramolecular Hbond substituents is 1. The largest absolute Gasteiger partial charge is 0.507 e. The molecule has 0 bridgehead atoms. The fourth-order valence-electron chi connectivity index (χ4n) is 3.64. The van der Waals surface area contributed by atoms with Crippen LogP contribution < -0.4 is 0 Å². The zero-order valence-electron chi connectivity index (χ0n) is 16.0. The quantitative estimate of drug-likeness (QED) is 0.590. The molecule has 0 aliphatic heterocycles. The number of aryl methyl sites for hydroxylation is 1. The smallest absolute Gasteiger partial charge is 0.153 e. The van der Waals surface area contributed by atoms with E-state index in [4.69, 9.17) is 0 Å². The molecule has 0 saturated carbocycles. The van der Waals surface area contributed by atoms with E-state index in [-0.39, 0.29) is 5.75 Å². The first-order valence-corrected chi connectivity index (χ1v) is 9.35. The van der Waals surface area contributed by atoms with Gasteiger partial charge < -0.3 is 5.11 Å². The Morgan fingerprint density at radius 2 is 1.63 bits per heavy atom. The Balaban J connectivity index is 2.06. The second-order valence-electron chi connectivity index (χ2n) is 6.85. The van der Waals surface area contributed by atoms with E-state index in [9.17, 15) is 5.11 Å². The van der Waals surface area contributed by atoms with Crippen LogP contribution in [-0.2, 0) is 5.41 Å². The van der Waals surface area contributed by atoms with Crippen LogP contribution in [0.25, 0.3) is 11.3 Å². The Bertz CT molecular complexity index is 922. The highest BCUT2D eigenvalue weighted by Gasteiger charge is 2.41. The molecular weight excluding hydrogens is 339 g/mol. The van der Waals surface area contributed by atoms with Gasteiger partial charge in [0.05, 0.1) is 17.1 Å². The van der Waals surface area contributed by atoms with E-state index in [0.29, 0.717) is 29.8 Å². The van der Waals surface area contributed by atoms with E-state index in [1.54, 1.807) is 36.4 Å². The molecule has 27 heavy (non-hydrogen) atoms. The summed E-state index contributed by atoms with van der Waals surface area (Å²) in [5, 5.41) is 10.1. The highest BCUT2D eigenvalue weighted by Crippen LogP contribution is 2.44. The van der Waals surface area contributed by atoms with Gasteiger partial charge in [0.15, 0.2) is 6.17 Å². The number of aromatic nitrogens is 2. The minimum absolute atomic E-state index is 0.134. The second kappa shape index (κ2) is 7.87. The molecule has 3 rings (SSSR count). The van der Waals surface area contributed by atoms with Gasteiger partial charge in [-0.05, 0) is 56.2 Å². The number of aromatic hydroxyl groups is 1. The molecule has 0 saturated heterocycles. The number of pyridine rings is 2. The number of hydrogen-bond donors (Lipinski definition) is 1. The summed E-state index contributed by atoms with van der Waals surface area (Å²) in [5.74, 6) is 0.134. The number of nitrogens with zero attached hydrogens (tertiary/aromatic N) is 2. The van der Waals surface area contributed by atoms with Gasteiger partial charge in [0, 0.05) is 16.7 Å². The lowest BCUT2D eigenvalue weighted by molar-refractivity contribution is 0.164. The molecule has 1 atom stereocenters. The van der Waals surface area contributed by atoms with Gasteiger partial charge in [-0.1, -0.05) is 38.1 Å². The summed E-state index contributed by atoms with van der Waals surface area (Å²) in [7, 11) is 0. The molecule has 140 valence electrons. The predicted octanol–water partition coefficient (Wildman–Crippen LogP) is 5.93. The van der Waals surface area contributed by atoms with Crippen molar-refractivity contribution in [3.05, 3.63) is 77.7 Å². The standard InChI is InChI=1S/C23H25FN2O/c1-4-23(5-2,21-15-8-10-16(3)25-21)22(24)19-13-9-12-18(26-19)17-11-6-7-14-20(17)27/h6-15,22,27H,4-5H2,1-3H3. The Labute approximate surface area is 159 Å². The molecule has 0 amide bonds. The number of benzene rings is 1. The lowest BCUT2D eigenvalue weighted by atomic mass is 9.73. The van der Waals surface area contributed by atoms with Crippen LogP contribution in [0.3, 0.4) is 0 Å². The normalized spacial score (nSPS) is 12.7. The number of halogens is 1. The third-order valence-corrected chi connectivity index (χ3v) is 5.36. The van der Waals surface area contributed by atoms with Crippen LogP contribution in [-0.4, -0.2) is 15.1 Å². The van der Waals surface area contributed by atoms with Crippen molar-refractivity contribution in [2.45, 2.75) is 45.2 Å². The van der Waals surface area contributed by atoms with E-state index in [1.807, 2.05) is 45.0 Å². The van der Waals surface area contributed by atoms with Crippen molar-refractivity contribution in [3.8, 4) is 17.0 Å². The monoisotopic (exact) mass is 364 g/mol. The molecule has 1 aromatic carbocycles. The third-order valence-electron chi connectivity index (χ3n) is 5.36.